The van der Waals surface area contributed by atoms with Gasteiger partial charge in [-0.2, -0.15) is 4.80 Å². The van der Waals surface area contributed by atoms with Crippen LogP contribution in [0.15, 0.2) is 36.4 Å². The second-order valence-electron chi connectivity index (χ2n) is 5.86. The molecule has 10 nitrogen and oxygen atoms in total. The van der Waals surface area contributed by atoms with Gasteiger partial charge in [-0.05, 0) is 23.4 Å². The molecule has 0 radical (unpaired) electrons. The van der Waals surface area contributed by atoms with Crippen LogP contribution in [-0.4, -0.2) is 54.6 Å². The Labute approximate surface area is 167 Å². The number of ether oxygens (including phenoxy) is 4. The maximum absolute atomic E-state index is 12.4. The van der Waals surface area contributed by atoms with Gasteiger partial charge in [0.25, 0.3) is 0 Å². The first-order valence-electron chi connectivity index (χ1n) is 8.59. The van der Waals surface area contributed by atoms with Crippen molar-refractivity contribution < 1.29 is 23.7 Å². The number of aromatic nitrogens is 4. The van der Waals surface area contributed by atoms with Crippen molar-refractivity contribution in [1.82, 2.24) is 20.2 Å². The average molecular weight is 399 g/mol. The number of hydrogen-bond acceptors (Lipinski definition) is 8. The summed E-state index contributed by atoms with van der Waals surface area (Å²) in [5.41, 5.74) is 1.22. The minimum Gasteiger partial charge on any atom is -0.497 e. The third kappa shape index (κ3) is 4.72. The summed E-state index contributed by atoms with van der Waals surface area (Å²) in [6.07, 6.45) is 0. The molecule has 0 fully saturated rings. The van der Waals surface area contributed by atoms with Gasteiger partial charge >= 0.3 is 0 Å². The lowest BCUT2D eigenvalue weighted by Crippen LogP contribution is -2.20. The van der Waals surface area contributed by atoms with Crippen LogP contribution < -0.4 is 24.3 Å². The standard InChI is InChI=1S/C19H21N5O5/c1-26-14-8-13(9-15(10-14)27-2)20-18(25)11-24-22-19(21-23-24)12-5-6-16(28-3)17(7-12)29-4/h5-10H,11H2,1-4H3,(H,20,25). The van der Waals surface area contributed by atoms with Gasteiger partial charge in [0.1, 0.15) is 18.0 Å². The fourth-order valence-electron chi connectivity index (χ4n) is 2.61. The van der Waals surface area contributed by atoms with E-state index in [-0.39, 0.29) is 12.5 Å². The molecule has 0 unspecified atom stereocenters. The van der Waals surface area contributed by atoms with Gasteiger partial charge in [-0.1, -0.05) is 0 Å². The summed E-state index contributed by atoms with van der Waals surface area (Å²) in [5, 5.41) is 14.9. The van der Waals surface area contributed by atoms with Gasteiger partial charge in [0.05, 0.1) is 28.4 Å². The third-order valence-corrected chi connectivity index (χ3v) is 4.01. The quantitative estimate of drug-likeness (QED) is 0.613. The highest BCUT2D eigenvalue weighted by molar-refractivity contribution is 5.90. The topological polar surface area (TPSA) is 110 Å². The Bertz CT molecular complexity index is 982. The maximum Gasteiger partial charge on any atom is 0.248 e. The van der Waals surface area contributed by atoms with E-state index < -0.39 is 0 Å². The van der Waals surface area contributed by atoms with Crippen LogP contribution in [0.3, 0.4) is 0 Å². The summed E-state index contributed by atoms with van der Waals surface area (Å²) in [5.74, 6) is 2.31. The number of carbonyl (C=O) groups is 1. The molecule has 1 heterocycles. The summed E-state index contributed by atoms with van der Waals surface area (Å²) < 4.78 is 20.9. The molecule has 0 bridgehead atoms. The van der Waals surface area contributed by atoms with Gasteiger partial charge in [0, 0.05) is 29.4 Å². The molecule has 1 N–H and O–H groups in total. The minimum absolute atomic E-state index is 0.111. The molecular formula is C19H21N5O5. The molecule has 0 saturated heterocycles. The normalized spacial score (nSPS) is 10.3. The Hall–Kier alpha value is -3.82. The van der Waals surface area contributed by atoms with Gasteiger partial charge < -0.3 is 24.3 Å². The van der Waals surface area contributed by atoms with Gasteiger partial charge in [0.15, 0.2) is 11.5 Å². The smallest absolute Gasteiger partial charge is 0.248 e. The summed E-state index contributed by atoms with van der Waals surface area (Å²) in [4.78, 5) is 13.6. The second-order valence-corrected chi connectivity index (χ2v) is 5.86. The average Bonchev–Trinajstić information content (AvgIpc) is 3.20. The maximum atomic E-state index is 12.4. The highest BCUT2D eigenvalue weighted by Crippen LogP contribution is 2.30. The fourth-order valence-corrected chi connectivity index (χ4v) is 2.61. The molecular weight excluding hydrogens is 378 g/mol. The van der Waals surface area contributed by atoms with Crippen LogP contribution in [0, 0.1) is 0 Å². The Morgan fingerprint density at radius 3 is 2.24 bits per heavy atom. The summed E-state index contributed by atoms with van der Waals surface area (Å²) in [7, 11) is 6.18. The molecule has 10 heteroatoms. The van der Waals surface area contributed by atoms with Gasteiger partial charge in [0.2, 0.25) is 11.7 Å². The number of amides is 1. The summed E-state index contributed by atoms with van der Waals surface area (Å²) in [6.45, 7) is -0.111. The van der Waals surface area contributed by atoms with Gasteiger partial charge in [-0.15, -0.1) is 10.2 Å². The number of benzene rings is 2. The first-order chi connectivity index (χ1) is 14.1. The van der Waals surface area contributed by atoms with Crippen molar-refractivity contribution in [2.75, 3.05) is 33.8 Å². The van der Waals surface area contributed by atoms with Crippen LogP contribution >= 0.6 is 0 Å². The first-order valence-corrected chi connectivity index (χ1v) is 8.59. The zero-order valence-corrected chi connectivity index (χ0v) is 16.5. The number of hydrogen-bond donors (Lipinski definition) is 1. The van der Waals surface area contributed by atoms with Crippen LogP contribution in [0.2, 0.25) is 0 Å². The van der Waals surface area contributed by atoms with Crippen LogP contribution in [0.4, 0.5) is 5.69 Å². The van der Waals surface area contributed by atoms with E-state index in [0.717, 1.165) is 0 Å². The van der Waals surface area contributed by atoms with E-state index >= 15 is 0 Å². The number of methoxy groups -OCH3 is 4. The predicted molar refractivity (Wildman–Crippen MR) is 105 cm³/mol. The predicted octanol–water partition coefficient (Wildman–Crippen LogP) is 2.01. The van der Waals surface area contributed by atoms with Crippen molar-refractivity contribution in [2.45, 2.75) is 6.54 Å². The molecule has 0 aliphatic heterocycles. The Balaban J connectivity index is 1.71. The van der Waals surface area contributed by atoms with Crippen molar-refractivity contribution in [2.24, 2.45) is 0 Å². The zero-order chi connectivity index (χ0) is 20.8. The number of anilines is 1. The van der Waals surface area contributed by atoms with E-state index in [1.54, 1.807) is 50.6 Å². The molecule has 29 heavy (non-hydrogen) atoms. The molecule has 1 amide bonds. The Kier molecular flexibility index (Phi) is 6.12. The van der Waals surface area contributed by atoms with Crippen molar-refractivity contribution in [3.8, 4) is 34.4 Å². The summed E-state index contributed by atoms with van der Waals surface area (Å²) >= 11 is 0. The molecule has 152 valence electrons. The lowest BCUT2D eigenvalue weighted by Gasteiger charge is -2.09. The number of carbonyl (C=O) groups excluding carboxylic acids is 1. The number of tetrazole rings is 1. The molecule has 0 saturated carbocycles. The Morgan fingerprint density at radius 2 is 1.62 bits per heavy atom. The van der Waals surface area contributed by atoms with E-state index in [1.165, 1.54) is 19.0 Å². The summed E-state index contributed by atoms with van der Waals surface area (Å²) in [6, 6.07) is 10.4. The number of rotatable bonds is 8. The SMILES string of the molecule is COc1cc(NC(=O)Cn2nnc(-c3ccc(OC)c(OC)c3)n2)cc(OC)c1. The molecule has 0 atom stereocenters. The van der Waals surface area contributed by atoms with E-state index in [1.807, 2.05) is 0 Å². The van der Waals surface area contributed by atoms with E-state index in [4.69, 9.17) is 18.9 Å². The largest absolute Gasteiger partial charge is 0.497 e. The molecule has 0 spiro atoms. The van der Waals surface area contributed by atoms with Crippen molar-refractivity contribution in [3.63, 3.8) is 0 Å². The molecule has 0 aliphatic rings. The fraction of sp³-hybridized carbons (Fsp3) is 0.263. The van der Waals surface area contributed by atoms with Crippen molar-refractivity contribution in [1.29, 1.82) is 0 Å². The first kappa shape index (κ1) is 19.9. The van der Waals surface area contributed by atoms with Crippen molar-refractivity contribution in [3.05, 3.63) is 36.4 Å². The molecule has 0 aliphatic carbocycles. The lowest BCUT2D eigenvalue weighted by molar-refractivity contribution is -0.117. The molecule has 3 aromatic rings. The van der Waals surface area contributed by atoms with E-state index in [2.05, 4.69) is 20.7 Å². The van der Waals surface area contributed by atoms with Gasteiger partial charge in [-0.3, -0.25) is 4.79 Å². The zero-order valence-electron chi connectivity index (χ0n) is 16.5. The number of nitrogens with zero attached hydrogens (tertiary/aromatic N) is 4. The van der Waals surface area contributed by atoms with Gasteiger partial charge in [-0.25, -0.2) is 0 Å². The molecule has 3 rings (SSSR count). The van der Waals surface area contributed by atoms with Crippen molar-refractivity contribution >= 4 is 11.6 Å². The van der Waals surface area contributed by atoms with E-state index in [9.17, 15) is 4.79 Å². The van der Waals surface area contributed by atoms with Crippen LogP contribution in [-0.2, 0) is 11.3 Å². The van der Waals surface area contributed by atoms with Crippen LogP contribution in [0.25, 0.3) is 11.4 Å². The third-order valence-electron chi connectivity index (χ3n) is 4.01. The highest BCUT2D eigenvalue weighted by Gasteiger charge is 2.13. The Morgan fingerprint density at radius 1 is 0.931 bits per heavy atom. The lowest BCUT2D eigenvalue weighted by atomic mass is 10.2. The van der Waals surface area contributed by atoms with Crippen LogP contribution in [0.5, 0.6) is 23.0 Å². The highest BCUT2D eigenvalue weighted by atomic mass is 16.5. The molecule has 1 aromatic heterocycles. The second kappa shape index (κ2) is 8.91. The number of nitrogens with one attached hydrogen (secondary N) is 1. The van der Waals surface area contributed by atoms with E-state index in [0.29, 0.717) is 40.1 Å². The monoisotopic (exact) mass is 399 g/mol. The minimum atomic E-state index is -0.323. The molecule has 2 aromatic carbocycles. The van der Waals surface area contributed by atoms with Crippen LogP contribution in [0.1, 0.15) is 0 Å².